The maximum absolute atomic E-state index is 4.81. The van der Waals surface area contributed by atoms with Crippen LogP contribution in [0.2, 0.25) is 0 Å². The van der Waals surface area contributed by atoms with E-state index in [1.54, 1.807) is 0 Å². The second-order valence-corrected chi connectivity index (χ2v) is 4.88. The Balaban J connectivity index is 2.07. The third-order valence-corrected chi connectivity index (χ3v) is 3.55. The number of fused-ring (bicyclic) bond motifs is 1. The Morgan fingerprint density at radius 2 is 1.48 bits per heavy atom. The first-order chi connectivity index (χ1) is 10.4. The number of rotatable bonds is 2. The quantitative estimate of drug-likeness (QED) is 0.524. The van der Waals surface area contributed by atoms with Gasteiger partial charge in [-0.1, -0.05) is 54.6 Å². The predicted octanol–water partition coefficient (Wildman–Crippen LogP) is 4.49. The average molecular weight is 269 g/mol. The first kappa shape index (κ1) is 11.9. The van der Waals surface area contributed by atoms with Gasteiger partial charge in [0.15, 0.2) is 0 Å². The van der Waals surface area contributed by atoms with Crippen molar-refractivity contribution < 1.29 is 0 Å². The van der Waals surface area contributed by atoms with Gasteiger partial charge in [0.25, 0.3) is 0 Å². The normalized spacial score (nSPS) is 10.9. The summed E-state index contributed by atoms with van der Waals surface area (Å²) in [6.45, 7) is 0. The number of imidazole rings is 1. The third-order valence-electron chi connectivity index (χ3n) is 3.55. The van der Waals surface area contributed by atoms with Crippen molar-refractivity contribution in [2.24, 2.45) is 0 Å². The van der Waals surface area contributed by atoms with Crippen LogP contribution in [0.15, 0.2) is 78.9 Å². The van der Waals surface area contributed by atoms with Gasteiger partial charge in [-0.25, -0.2) is 4.98 Å². The topological polar surface area (TPSA) is 17.8 Å². The van der Waals surface area contributed by atoms with Gasteiger partial charge in [0.1, 0.15) is 5.82 Å². The van der Waals surface area contributed by atoms with E-state index in [0.717, 1.165) is 28.1 Å². The molecular weight excluding hydrogens is 256 g/mol. The zero-order valence-corrected chi connectivity index (χ0v) is 11.4. The summed E-state index contributed by atoms with van der Waals surface area (Å²) < 4.78 is 2.19. The minimum atomic E-state index is 0.961. The van der Waals surface area contributed by atoms with Gasteiger partial charge in [-0.15, -0.1) is 0 Å². The first-order valence-electron chi connectivity index (χ1n) is 6.93. The summed E-state index contributed by atoms with van der Waals surface area (Å²) in [5.41, 5.74) is 4.33. The number of para-hydroxylation sites is 2. The molecule has 4 aromatic rings. The van der Waals surface area contributed by atoms with E-state index < -0.39 is 0 Å². The van der Waals surface area contributed by atoms with Crippen molar-refractivity contribution in [3.05, 3.63) is 84.9 Å². The van der Waals surface area contributed by atoms with Crippen LogP contribution >= 0.6 is 0 Å². The molecule has 0 unspecified atom stereocenters. The van der Waals surface area contributed by atoms with Crippen LogP contribution in [0.3, 0.4) is 0 Å². The van der Waals surface area contributed by atoms with Gasteiger partial charge in [-0.2, -0.15) is 0 Å². The highest BCUT2D eigenvalue weighted by Gasteiger charge is 2.13. The van der Waals surface area contributed by atoms with Gasteiger partial charge in [-0.3, -0.25) is 4.57 Å². The fourth-order valence-corrected chi connectivity index (χ4v) is 2.60. The van der Waals surface area contributed by atoms with Crippen LogP contribution in [0, 0.1) is 6.07 Å². The molecule has 0 aliphatic carbocycles. The third kappa shape index (κ3) is 2.01. The van der Waals surface area contributed by atoms with Crippen molar-refractivity contribution in [3.63, 3.8) is 0 Å². The van der Waals surface area contributed by atoms with Crippen LogP contribution in [0.4, 0.5) is 0 Å². The van der Waals surface area contributed by atoms with Crippen LogP contribution in [0.5, 0.6) is 0 Å². The highest BCUT2D eigenvalue weighted by atomic mass is 15.1. The van der Waals surface area contributed by atoms with Gasteiger partial charge in [-0.05, 0) is 30.3 Å². The summed E-state index contributed by atoms with van der Waals surface area (Å²) in [5, 5.41) is 0. The predicted molar refractivity (Wildman–Crippen MR) is 85.3 cm³/mol. The largest absolute Gasteiger partial charge is 0.292 e. The van der Waals surface area contributed by atoms with E-state index in [0.29, 0.717) is 0 Å². The molecule has 3 aromatic carbocycles. The van der Waals surface area contributed by atoms with Gasteiger partial charge < -0.3 is 0 Å². The van der Waals surface area contributed by atoms with Crippen molar-refractivity contribution in [1.82, 2.24) is 9.55 Å². The van der Waals surface area contributed by atoms with Crippen molar-refractivity contribution in [1.29, 1.82) is 0 Å². The van der Waals surface area contributed by atoms with Crippen LogP contribution < -0.4 is 0 Å². The van der Waals surface area contributed by atoms with Gasteiger partial charge in [0.05, 0.1) is 11.0 Å². The zero-order valence-electron chi connectivity index (χ0n) is 11.4. The fourth-order valence-electron chi connectivity index (χ4n) is 2.60. The molecule has 21 heavy (non-hydrogen) atoms. The molecule has 0 aliphatic heterocycles. The van der Waals surface area contributed by atoms with Crippen LogP contribution in [0.1, 0.15) is 0 Å². The van der Waals surface area contributed by atoms with Crippen LogP contribution in [-0.4, -0.2) is 9.55 Å². The lowest BCUT2D eigenvalue weighted by molar-refractivity contribution is 1.10. The molecule has 4 rings (SSSR count). The summed E-state index contributed by atoms with van der Waals surface area (Å²) >= 11 is 0. The molecule has 99 valence electrons. The Labute approximate surface area is 123 Å². The summed E-state index contributed by atoms with van der Waals surface area (Å²) in [7, 11) is 0. The first-order valence-corrected chi connectivity index (χ1v) is 6.93. The SMILES string of the molecule is [c]1ccc(-n2c(-c3ccccc3)nc3ccccc32)cc1. The highest BCUT2D eigenvalue weighted by Crippen LogP contribution is 2.28. The van der Waals surface area contributed by atoms with Crippen LogP contribution in [0.25, 0.3) is 28.1 Å². The number of nitrogens with zero attached hydrogens (tertiary/aromatic N) is 2. The Kier molecular flexibility index (Phi) is 2.79. The minimum absolute atomic E-state index is 0.961. The zero-order chi connectivity index (χ0) is 14.1. The molecule has 0 aliphatic rings. The van der Waals surface area contributed by atoms with Crippen molar-refractivity contribution in [2.45, 2.75) is 0 Å². The summed E-state index contributed by atoms with van der Waals surface area (Å²) in [4.78, 5) is 4.81. The van der Waals surface area contributed by atoms with E-state index >= 15 is 0 Å². The van der Waals surface area contributed by atoms with Crippen molar-refractivity contribution in [2.75, 3.05) is 0 Å². The molecule has 1 radical (unpaired) electrons. The van der Waals surface area contributed by atoms with Gasteiger partial charge in [0, 0.05) is 11.3 Å². The Bertz CT molecular complexity index is 877. The lowest BCUT2D eigenvalue weighted by Gasteiger charge is -2.09. The number of benzene rings is 3. The molecule has 1 aromatic heterocycles. The lowest BCUT2D eigenvalue weighted by Crippen LogP contribution is -1.96. The summed E-state index contributed by atoms with van der Waals surface area (Å²) in [6.07, 6.45) is 0. The molecule has 2 nitrogen and oxygen atoms in total. The Hall–Kier alpha value is -2.87. The molecule has 0 spiro atoms. The van der Waals surface area contributed by atoms with Gasteiger partial charge >= 0.3 is 0 Å². The molecule has 0 saturated carbocycles. The molecule has 0 saturated heterocycles. The molecule has 0 amide bonds. The second kappa shape index (κ2) is 4.91. The molecule has 0 atom stereocenters. The average Bonchev–Trinajstić information content (AvgIpc) is 2.96. The van der Waals surface area contributed by atoms with E-state index in [2.05, 4.69) is 41.0 Å². The standard InChI is InChI=1S/C19H13N2/c1-3-9-15(10-4-1)19-20-17-13-7-8-14-18(17)21(19)16-11-5-2-6-12-16/h1,3-14H. The Morgan fingerprint density at radius 3 is 2.29 bits per heavy atom. The molecule has 0 N–H and O–H groups in total. The molecule has 0 bridgehead atoms. The molecule has 0 fully saturated rings. The second-order valence-electron chi connectivity index (χ2n) is 4.88. The van der Waals surface area contributed by atoms with Crippen molar-refractivity contribution in [3.8, 4) is 17.1 Å². The van der Waals surface area contributed by atoms with Gasteiger partial charge in [0.2, 0.25) is 0 Å². The van der Waals surface area contributed by atoms with E-state index in [-0.39, 0.29) is 0 Å². The maximum Gasteiger partial charge on any atom is 0.145 e. The van der Waals surface area contributed by atoms with Crippen molar-refractivity contribution >= 4 is 11.0 Å². The summed E-state index contributed by atoms with van der Waals surface area (Å²) in [5.74, 6) is 0.961. The molecule has 2 heteroatoms. The molecular formula is C19H13N2. The lowest BCUT2D eigenvalue weighted by atomic mass is 10.2. The maximum atomic E-state index is 4.81. The number of hydrogen-bond acceptors (Lipinski definition) is 1. The monoisotopic (exact) mass is 269 g/mol. The molecule has 1 heterocycles. The van der Waals surface area contributed by atoms with E-state index in [1.807, 2.05) is 48.5 Å². The number of aromatic nitrogens is 2. The number of hydrogen-bond donors (Lipinski definition) is 0. The van der Waals surface area contributed by atoms with E-state index in [1.165, 1.54) is 0 Å². The van der Waals surface area contributed by atoms with Crippen LogP contribution in [-0.2, 0) is 0 Å². The minimum Gasteiger partial charge on any atom is -0.292 e. The highest BCUT2D eigenvalue weighted by molar-refractivity contribution is 5.83. The fraction of sp³-hybridized carbons (Fsp3) is 0. The smallest absolute Gasteiger partial charge is 0.145 e. The summed E-state index contributed by atoms with van der Waals surface area (Å²) in [6, 6.07) is 29.5. The Morgan fingerprint density at radius 1 is 0.762 bits per heavy atom. The van der Waals surface area contributed by atoms with E-state index in [4.69, 9.17) is 4.98 Å². The van der Waals surface area contributed by atoms with E-state index in [9.17, 15) is 0 Å².